The average molecular weight is 391 g/mol. The van der Waals surface area contributed by atoms with E-state index >= 15 is 0 Å². The minimum Gasteiger partial charge on any atom is -0.453 e. The normalized spacial score (nSPS) is 14.2. The lowest BCUT2D eigenvalue weighted by atomic mass is 9.81. The fourth-order valence-electron chi connectivity index (χ4n) is 3.01. The molecule has 1 rings (SSSR count). The number of esters is 1. The lowest BCUT2D eigenvalue weighted by molar-refractivity contribution is -0.145. The molecule has 0 unspecified atom stereocenters. The van der Waals surface area contributed by atoms with Crippen molar-refractivity contribution in [3.63, 3.8) is 0 Å². The van der Waals surface area contributed by atoms with Crippen LogP contribution in [0.1, 0.15) is 47.5 Å². The summed E-state index contributed by atoms with van der Waals surface area (Å²) in [5.41, 5.74) is -0.211. The van der Waals surface area contributed by atoms with Gasteiger partial charge in [0.15, 0.2) is 0 Å². The highest BCUT2D eigenvalue weighted by molar-refractivity contribution is 5.89. The third-order valence-electron chi connectivity index (χ3n) is 3.53. The Kier molecular flexibility index (Phi) is 9.89. The number of hydrogen-bond acceptors (Lipinski definition) is 3. The second-order valence-electron chi connectivity index (χ2n) is 7.45. The second kappa shape index (κ2) is 12.4. The number of rotatable bonds is 1. The zero-order valence-corrected chi connectivity index (χ0v) is 17.8. The molecule has 0 aromatic carbocycles. The van der Waals surface area contributed by atoms with E-state index in [1.54, 1.807) is 6.92 Å². The molecule has 3 heteroatoms. The molecular formula is C27H21NO2. The number of carbonyl (C=O) groups is 1. The fourth-order valence-corrected chi connectivity index (χ4v) is 3.01. The summed E-state index contributed by atoms with van der Waals surface area (Å²) in [5, 5.41) is 3.53. The first kappa shape index (κ1) is 23.9. The number of hydrogen-bond donors (Lipinski definition) is 1. The number of nitrogens with one attached hydrogen (secondary N) is 1. The van der Waals surface area contributed by atoms with Crippen molar-refractivity contribution in [3.05, 3.63) is 0 Å². The highest BCUT2D eigenvalue weighted by Gasteiger charge is 2.39. The van der Waals surface area contributed by atoms with Gasteiger partial charge in [-0.2, -0.15) is 0 Å². The molecule has 0 amide bonds. The van der Waals surface area contributed by atoms with Crippen LogP contribution in [0.3, 0.4) is 0 Å². The van der Waals surface area contributed by atoms with Crippen molar-refractivity contribution in [2.24, 2.45) is 0 Å². The van der Waals surface area contributed by atoms with Crippen molar-refractivity contribution >= 4 is 5.97 Å². The first-order valence-electron chi connectivity index (χ1n) is 9.17. The molecule has 1 aliphatic heterocycles. The van der Waals surface area contributed by atoms with E-state index < -0.39 is 5.97 Å². The second-order valence-corrected chi connectivity index (χ2v) is 7.45. The first-order valence-corrected chi connectivity index (χ1v) is 9.17. The topological polar surface area (TPSA) is 38.3 Å². The van der Waals surface area contributed by atoms with Gasteiger partial charge < -0.3 is 10.1 Å². The highest BCUT2D eigenvalue weighted by atomic mass is 16.5. The maximum absolute atomic E-state index is 11.9. The van der Waals surface area contributed by atoms with Gasteiger partial charge in [0.05, 0.1) is 0 Å². The summed E-state index contributed by atoms with van der Waals surface area (Å²) in [5.74, 6) is 39.5. The molecule has 1 fully saturated rings. The Balaban J connectivity index is 2.50. The third kappa shape index (κ3) is 11.6. The molecule has 0 aromatic heterocycles. The van der Waals surface area contributed by atoms with Crippen molar-refractivity contribution in [2.75, 3.05) is 0 Å². The van der Waals surface area contributed by atoms with E-state index in [9.17, 15) is 4.79 Å². The van der Waals surface area contributed by atoms with Gasteiger partial charge in [0.25, 0.3) is 0 Å². The van der Waals surface area contributed by atoms with Crippen molar-refractivity contribution in [2.45, 2.75) is 64.6 Å². The number of carbonyl (C=O) groups excluding carboxylic acids is 1. The molecule has 1 N–H and O–H groups in total. The first-order chi connectivity index (χ1) is 14.2. The third-order valence-corrected chi connectivity index (χ3v) is 3.53. The molecule has 146 valence electrons. The molecule has 1 aliphatic rings. The lowest BCUT2D eigenvalue weighted by Crippen LogP contribution is -2.59. The molecule has 0 spiro atoms. The van der Waals surface area contributed by atoms with Gasteiger partial charge in [0.2, 0.25) is 0 Å². The predicted octanol–water partition coefficient (Wildman–Crippen LogP) is 1.89. The fraction of sp³-hybridized carbons (Fsp3) is 0.370. The average Bonchev–Trinajstić information content (AvgIpc) is 2.62. The van der Waals surface area contributed by atoms with Crippen LogP contribution in [0.15, 0.2) is 0 Å². The summed E-state index contributed by atoms with van der Waals surface area (Å²) in [4.78, 5) is 11.9. The van der Waals surface area contributed by atoms with Crippen LogP contribution in [0.25, 0.3) is 0 Å². The van der Waals surface area contributed by atoms with E-state index in [0.717, 1.165) is 12.8 Å². The summed E-state index contributed by atoms with van der Waals surface area (Å²) in [6, 6.07) is 0. The van der Waals surface area contributed by atoms with Gasteiger partial charge in [-0.25, -0.2) is 4.79 Å². The number of ether oxygens (including phenoxy) is 1. The molecular weight excluding hydrogens is 370 g/mol. The molecule has 0 bridgehead atoms. The highest BCUT2D eigenvalue weighted by Crippen LogP contribution is 2.30. The van der Waals surface area contributed by atoms with Crippen molar-refractivity contribution < 1.29 is 9.53 Å². The van der Waals surface area contributed by atoms with Gasteiger partial charge in [-0.3, -0.25) is 0 Å². The van der Waals surface area contributed by atoms with E-state index in [1.807, 2.05) is 0 Å². The van der Waals surface area contributed by atoms with Gasteiger partial charge in [0, 0.05) is 29.8 Å². The van der Waals surface area contributed by atoms with Crippen LogP contribution in [0.2, 0.25) is 0 Å². The predicted molar refractivity (Wildman–Crippen MR) is 118 cm³/mol. The zero-order valence-electron chi connectivity index (χ0n) is 17.8. The molecule has 0 saturated carbocycles. The maximum atomic E-state index is 11.9. The van der Waals surface area contributed by atoms with E-state index in [-0.39, 0.29) is 17.2 Å². The van der Waals surface area contributed by atoms with Crippen LogP contribution in [0.5, 0.6) is 0 Å². The van der Waals surface area contributed by atoms with Gasteiger partial charge in [-0.15, -0.1) is 0 Å². The SMILES string of the molecule is CC#CC#CC#CC#CC#CC#CC#CC#CC(=O)OC1CC(C)(C)NC(C)(C)C1. The van der Waals surface area contributed by atoms with E-state index in [2.05, 4.69) is 128 Å². The minimum absolute atomic E-state index is 0.106. The van der Waals surface area contributed by atoms with Crippen molar-refractivity contribution in [1.29, 1.82) is 0 Å². The molecule has 0 atom stereocenters. The molecule has 0 aromatic rings. The molecule has 1 heterocycles. The van der Waals surface area contributed by atoms with Crippen LogP contribution >= 0.6 is 0 Å². The van der Waals surface area contributed by atoms with E-state index in [4.69, 9.17) is 4.74 Å². The van der Waals surface area contributed by atoms with Crippen LogP contribution < -0.4 is 5.32 Å². The molecule has 1 saturated heterocycles. The molecule has 0 aliphatic carbocycles. The van der Waals surface area contributed by atoms with E-state index in [0.29, 0.717) is 0 Å². The Morgan fingerprint density at radius 1 is 0.700 bits per heavy atom. The van der Waals surface area contributed by atoms with Crippen molar-refractivity contribution in [1.82, 2.24) is 5.32 Å². The lowest BCUT2D eigenvalue weighted by Gasteiger charge is -2.45. The standard InChI is InChI=1S/C27H21NO2/c1-6-7-8-9-10-11-12-13-14-15-16-17-18-19-20-21-25(29)30-24-22-26(2,3)28-27(4,5)23-24/h24,28H,22-23H2,1-5H3. The molecule has 3 nitrogen and oxygen atoms in total. The van der Waals surface area contributed by atoms with Crippen LogP contribution in [-0.2, 0) is 9.53 Å². The Hall–Kier alpha value is -4.09. The monoisotopic (exact) mass is 391 g/mol. The summed E-state index contributed by atoms with van der Waals surface area (Å²) < 4.78 is 5.46. The quantitative estimate of drug-likeness (QED) is 0.422. The van der Waals surface area contributed by atoms with Gasteiger partial charge >= 0.3 is 5.97 Å². The molecule has 0 radical (unpaired) electrons. The Labute approximate surface area is 180 Å². The van der Waals surface area contributed by atoms with Gasteiger partial charge in [-0.05, 0) is 118 Å². The number of piperidine rings is 1. The molecule has 30 heavy (non-hydrogen) atoms. The largest absolute Gasteiger partial charge is 0.453 e. The van der Waals surface area contributed by atoms with Crippen molar-refractivity contribution in [3.8, 4) is 94.7 Å². The Morgan fingerprint density at radius 2 is 1.07 bits per heavy atom. The Bertz CT molecular complexity index is 1160. The van der Waals surface area contributed by atoms with Crippen LogP contribution in [0, 0.1) is 94.7 Å². The summed E-state index contributed by atoms with van der Waals surface area (Å²) in [6.45, 7) is 10.1. The Morgan fingerprint density at radius 3 is 1.47 bits per heavy atom. The smallest absolute Gasteiger partial charge is 0.385 e. The van der Waals surface area contributed by atoms with Gasteiger partial charge in [0.1, 0.15) is 6.10 Å². The maximum Gasteiger partial charge on any atom is 0.385 e. The van der Waals surface area contributed by atoms with E-state index in [1.165, 1.54) is 0 Å². The van der Waals surface area contributed by atoms with Crippen LogP contribution in [-0.4, -0.2) is 23.2 Å². The minimum atomic E-state index is -0.585. The summed E-state index contributed by atoms with van der Waals surface area (Å²) >= 11 is 0. The van der Waals surface area contributed by atoms with Gasteiger partial charge in [-0.1, -0.05) is 5.92 Å². The summed E-state index contributed by atoms with van der Waals surface area (Å²) in [7, 11) is 0. The summed E-state index contributed by atoms with van der Waals surface area (Å²) in [6.07, 6.45) is 1.29. The van der Waals surface area contributed by atoms with Crippen LogP contribution in [0.4, 0.5) is 0 Å². The zero-order chi connectivity index (χ0) is 22.3.